The summed E-state index contributed by atoms with van der Waals surface area (Å²) in [6.07, 6.45) is 2.97. The minimum Gasteiger partial charge on any atom is -0.337 e. The van der Waals surface area contributed by atoms with Crippen molar-refractivity contribution in [3.05, 3.63) is 47.8 Å². The van der Waals surface area contributed by atoms with Gasteiger partial charge in [-0.2, -0.15) is 0 Å². The van der Waals surface area contributed by atoms with Gasteiger partial charge in [0.15, 0.2) is 9.84 Å². The van der Waals surface area contributed by atoms with E-state index in [0.29, 0.717) is 31.2 Å². The molecule has 4 rings (SSSR count). The quantitative estimate of drug-likeness (QED) is 0.795. The van der Waals surface area contributed by atoms with Gasteiger partial charge < -0.3 is 9.80 Å². The van der Waals surface area contributed by atoms with E-state index < -0.39 is 9.84 Å². The first-order chi connectivity index (χ1) is 13.0. The molecule has 1 fully saturated rings. The molecule has 1 atom stereocenters. The van der Waals surface area contributed by atoms with Crippen LogP contribution in [-0.2, 0) is 16.3 Å². The maximum Gasteiger partial charge on any atom is 0.277 e. The Kier molecular flexibility index (Phi) is 4.59. The van der Waals surface area contributed by atoms with Crippen molar-refractivity contribution in [3.63, 3.8) is 0 Å². The molecule has 1 aromatic carbocycles. The largest absolute Gasteiger partial charge is 0.337 e. The highest BCUT2D eigenvalue weighted by atomic mass is 32.2. The first kappa shape index (κ1) is 17.9. The molecule has 1 aromatic heterocycles. The van der Waals surface area contributed by atoms with Crippen molar-refractivity contribution in [1.82, 2.24) is 9.97 Å². The lowest BCUT2D eigenvalue weighted by atomic mass is 10.2. The number of hydrogen-bond acceptors (Lipinski definition) is 6. The van der Waals surface area contributed by atoms with Crippen molar-refractivity contribution in [2.45, 2.75) is 25.8 Å². The number of sulfone groups is 1. The van der Waals surface area contributed by atoms with Crippen molar-refractivity contribution in [3.8, 4) is 0 Å². The van der Waals surface area contributed by atoms with Gasteiger partial charge in [0, 0.05) is 31.0 Å². The molecule has 8 heteroatoms. The standard InChI is InChI=1S/C19H22N4O3S/c1-2-22(15-9-12-27(25,26)13-15)19-20-10-7-16(21-19)18(24)23-11-8-14-5-3-4-6-17(14)23/h3-7,10,15H,2,8-9,11-13H2,1H3. The lowest BCUT2D eigenvalue weighted by Gasteiger charge is -2.27. The molecule has 7 nitrogen and oxygen atoms in total. The van der Waals surface area contributed by atoms with E-state index in [0.717, 1.165) is 17.7 Å². The van der Waals surface area contributed by atoms with Crippen LogP contribution in [0.5, 0.6) is 0 Å². The topological polar surface area (TPSA) is 83.5 Å². The molecule has 27 heavy (non-hydrogen) atoms. The second kappa shape index (κ2) is 6.92. The molecular formula is C19H22N4O3S. The molecule has 1 saturated heterocycles. The molecule has 142 valence electrons. The fraction of sp³-hybridized carbons (Fsp3) is 0.421. The van der Waals surface area contributed by atoms with Crippen LogP contribution in [0.1, 0.15) is 29.4 Å². The van der Waals surface area contributed by atoms with Crippen LogP contribution in [-0.4, -0.2) is 54.9 Å². The average molecular weight is 386 g/mol. The molecule has 1 amide bonds. The fourth-order valence-electron chi connectivity index (χ4n) is 3.88. The summed E-state index contributed by atoms with van der Waals surface area (Å²) in [5.74, 6) is 0.566. The zero-order valence-corrected chi connectivity index (χ0v) is 16.0. The summed E-state index contributed by atoms with van der Waals surface area (Å²) < 4.78 is 23.7. The summed E-state index contributed by atoms with van der Waals surface area (Å²) in [6, 6.07) is 9.36. The predicted octanol–water partition coefficient (Wildman–Crippen LogP) is 1.69. The number of aromatic nitrogens is 2. The Hall–Kier alpha value is -2.48. The molecule has 2 aliphatic rings. The third kappa shape index (κ3) is 3.41. The highest BCUT2D eigenvalue weighted by molar-refractivity contribution is 7.91. The molecule has 0 saturated carbocycles. The number of nitrogens with zero attached hydrogens (tertiary/aromatic N) is 4. The Balaban J connectivity index is 1.60. The van der Waals surface area contributed by atoms with E-state index in [1.54, 1.807) is 17.2 Å². The molecule has 2 aliphatic heterocycles. The van der Waals surface area contributed by atoms with E-state index in [2.05, 4.69) is 9.97 Å². The zero-order chi connectivity index (χ0) is 19.0. The van der Waals surface area contributed by atoms with E-state index in [9.17, 15) is 13.2 Å². The van der Waals surface area contributed by atoms with Crippen molar-refractivity contribution in [2.24, 2.45) is 0 Å². The van der Waals surface area contributed by atoms with Gasteiger partial charge in [0.2, 0.25) is 5.95 Å². The van der Waals surface area contributed by atoms with Crippen LogP contribution in [0.15, 0.2) is 36.5 Å². The summed E-state index contributed by atoms with van der Waals surface area (Å²) >= 11 is 0. The summed E-state index contributed by atoms with van der Waals surface area (Å²) in [7, 11) is -3.00. The van der Waals surface area contributed by atoms with Gasteiger partial charge in [0.05, 0.1) is 11.5 Å². The zero-order valence-electron chi connectivity index (χ0n) is 15.2. The highest BCUT2D eigenvalue weighted by Crippen LogP contribution is 2.29. The predicted molar refractivity (Wildman–Crippen MR) is 104 cm³/mol. The molecule has 3 heterocycles. The van der Waals surface area contributed by atoms with Crippen molar-refractivity contribution >= 4 is 27.4 Å². The van der Waals surface area contributed by atoms with Gasteiger partial charge in [0.1, 0.15) is 5.69 Å². The maximum absolute atomic E-state index is 13.0. The highest BCUT2D eigenvalue weighted by Gasteiger charge is 2.33. The van der Waals surface area contributed by atoms with Crippen LogP contribution in [0.3, 0.4) is 0 Å². The Labute approximate surface area is 159 Å². The smallest absolute Gasteiger partial charge is 0.277 e. The van der Waals surface area contributed by atoms with Crippen molar-refractivity contribution in [1.29, 1.82) is 0 Å². The molecule has 0 N–H and O–H groups in total. The SMILES string of the molecule is CCN(c1nccc(C(=O)N2CCc3ccccc32)n1)C1CCS(=O)(=O)C1. The molecule has 0 spiro atoms. The molecular weight excluding hydrogens is 364 g/mol. The third-order valence-electron chi connectivity index (χ3n) is 5.24. The van der Waals surface area contributed by atoms with Gasteiger partial charge in [-0.1, -0.05) is 18.2 Å². The first-order valence-corrected chi connectivity index (χ1v) is 11.0. The lowest BCUT2D eigenvalue weighted by molar-refractivity contribution is 0.0984. The van der Waals surface area contributed by atoms with Crippen LogP contribution >= 0.6 is 0 Å². The van der Waals surface area contributed by atoms with E-state index in [-0.39, 0.29) is 23.5 Å². The van der Waals surface area contributed by atoms with Crippen molar-refractivity contribution < 1.29 is 13.2 Å². The van der Waals surface area contributed by atoms with Crippen LogP contribution in [0.4, 0.5) is 11.6 Å². The summed E-state index contributed by atoms with van der Waals surface area (Å²) in [5.41, 5.74) is 2.42. The summed E-state index contributed by atoms with van der Waals surface area (Å²) in [5, 5.41) is 0. The van der Waals surface area contributed by atoms with Crippen LogP contribution in [0.25, 0.3) is 0 Å². The van der Waals surface area contributed by atoms with Crippen LogP contribution < -0.4 is 9.80 Å². The molecule has 1 unspecified atom stereocenters. The molecule has 0 bridgehead atoms. The first-order valence-electron chi connectivity index (χ1n) is 9.18. The second-order valence-corrected chi connectivity index (χ2v) is 9.15. The minimum absolute atomic E-state index is 0.113. The van der Waals surface area contributed by atoms with Gasteiger partial charge in [0.25, 0.3) is 5.91 Å². The second-order valence-electron chi connectivity index (χ2n) is 6.92. The number of amides is 1. The maximum atomic E-state index is 13.0. The minimum atomic E-state index is -3.00. The normalized spacial score (nSPS) is 20.5. The van der Waals surface area contributed by atoms with Gasteiger partial charge in [-0.3, -0.25) is 4.79 Å². The Morgan fingerprint density at radius 2 is 2.11 bits per heavy atom. The van der Waals surface area contributed by atoms with Crippen molar-refractivity contribution in [2.75, 3.05) is 34.4 Å². The van der Waals surface area contributed by atoms with E-state index in [1.165, 1.54) is 0 Å². The summed E-state index contributed by atoms with van der Waals surface area (Å²) in [4.78, 5) is 25.4. The average Bonchev–Trinajstić information content (AvgIpc) is 3.25. The van der Waals surface area contributed by atoms with E-state index >= 15 is 0 Å². The van der Waals surface area contributed by atoms with Crippen LogP contribution in [0, 0.1) is 0 Å². The number of para-hydroxylation sites is 1. The third-order valence-corrected chi connectivity index (χ3v) is 6.99. The monoisotopic (exact) mass is 386 g/mol. The Bertz CT molecular complexity index is 976. The van der Waals surface area contributed by atoms with Gasteiger partial charge in [-0.05, 0) is 37.5 Å². The number of fused-ring (bicyclic) bond motifs is 1. The van der Waals surface area contributed by atoms with Gasteiger partial charge in [-0.25, -0.2) is 18.4 Å². The lowest BCUT2D eigenvalue weighted by Crippen LogP contribution is -2.38. The fourth-order valence-corrected chi connectivity index (χ4v) is 5.61. The number of carbonyl (C=O) groups is 1. The van der Waals surface area contributed by atoms with E-state index in [4.69, 9.17) is 0 Å². The molecule has 0 radical (unpaired) electrons. The number of anilines is 2. The summed E-state index contributed by atoms with van der Waals surface area (Å²) in [6.45, 7) is 3.17. The number of carbonyl (C=O) groups excluding carboxylic acids is 1. The van der Waals surface area contributed by atoms with Gasteiger partial charge in [-0.15, -0.1) is 0 Å². The molecule has 0 aliphatic carbocycles. The number of benzene rings is 1. The number of rotatable bonds is 4. The number of hydrogen-bond donors (Lipinski definition) is 0. The Morgan fingerprint density at radius 1 is 1.30 bits per heavy atom. The Morgan fingerprint density at radius 3 is 2.85 bits per heavy atom. The molecule has 2 aromatic rings. The van der Waals surface area contributed by atoms with Gasteiger partial charge >= 0.3 is 0 Å². The van der Waals surface area contributed by atoms with Crippen LogP contribution in [0.2, 0.25) is 0 Å². The van der Waals surface area contributed by atoms with E-state index in [1.807, 2.05) is 36.1 Å².